The predicted octanol–water partition coefficient (Wildman–Crippen LogP) is -0.0116. The van der Waals surface area contributed by atoms with Gasteiger partial charge in [0.15, 0.2) is 0 Å². The fraction of sp³-hybridized carbons (Fsp3) is 0.800. The second-order valence-electron chi connectivity index (χ2n) is 4.41. The van der Waals surface area contributed by atoms with E-state index < -0.39 is 11.9 Å². The zero-order chi connectivity index (χ0) is 10.5. The molecule has 1 aliphatic heterocycles. The maximum Gasteiger partial charge on any atom is 0.236 e. The van der Waals surface area contributed by atoms with Gasteiger partial charge in [0.2, 0.25) is 5.79 Å². The van der Waals surface area contributed by atoms with Gasteiger partial charge in [0.1, 0.15) is 5.76 Å². The summed E-state index contributed by atoms with van der Waals surface area (Å²) in [6.45, 7) is 3.77. The SMILES string of the molecule is CC(C)C1=C2C(O)[C@@H](CO)CC2(O)O1. The second-order valence-corrected chi connectivity index (χ2v) is 4.41. The minimum Gasteiger partial charge on any atom is -0.462 e. The van der Waals surface area contributed by atoms with Crippen LogP contribution in [0.1, 0.15) is 20.3 Å². The number of aliphatic hydroxyl groups excluding tert-OH is 2. The Morgan fingerprint density at radius 1 is 1.57 bits per heavy atom. The molecule has 4 heteroatoms. The lowest BCUT2D eigenvalue weighted by atomic mass is 9.94. The largest absolute Gasteiger partial charge is 0.462 e. The zero-order valence-electron chi connectivity index (χ0n) is 8.40. The zero-order valence-corrected chi connectivity index (χ0v) is 8.40. The van der Waals surface area contributed by atoms with Gasteiger partial charge in [-0.15, -0.1) is 0 Å². The van der Waals surface area contributed by atoms with Gasteiger partial charge in [-0.05, 0) is 0 Å². The number of hydrogen-bond acceptors (Lipinski definition) is 4. The summed E-state index contributed by atoms with van der Waals surface area (Å²) in [5.41, 5.74) is 0.576. The van der Waals surface area contributed by atoms with Crippen LogP contribution in [0.3, 0.4) is 0 Å². The monoisotopic (exact) mass is 200 g/mol. The summed E-state index contributed by atoms with van der Waals surface area (Å²) >= 11 is 0. The van der Waals surface area contributed by atoms with Crippen molar-refractivity contribution in [2.45, 2.75) is 32.2 Å². The van der Waals surface area contributed by atoms with E-state index in [1.807, 2.05) is 13.8 Å². The summed E-state index contributed by atoms with van der Waals surface area (Å²) in [4.78, 5) is 0. The van der Waals surface area contributed by atoms with Crippen LogP contribution in [0.4, 0.5) is 0 Å². The number of ether oxygens (including phenoxy) is 1. The summed E-state index contributed by atoms with van der Waals surface area (Å²) in [5.74, 6) is -0.758. The van der Waals surface area contributed by atoms with Crippen LogP contribution in [0, 0.1) is 11.8 Å². The molecule has 0 saturated heterocycles. The van der Waals surface area contributed by atoms with Crippen LogP contribution in [0.25, 0.3) is 0 Å². The van der Waals surface area contributed by atoms with Crippen molar-refractivity contribution in [3.8, 4) is 0 Å². The molecule has 1 heterocycles. The van der Waals surface area contributed by atoms with E-state index in [-0.39, 0.29) is 24.9 Å². The van der Waals surface area contributed by atoms with Crippen molar-refractivity contribution >= 4 is 0 Å². The standard InChI is InChI=1S/C10H16O4/c1-5(2)9-7-8(12)6(4-11)3-10(7,13)14-9/h5-6,8,11-13H,3-4H2,1-2H3/t6-,8?,10?/m1/s1. The van der Waals surface area contributed by atoms with Crippen molar-refractivity contribution in [3.05, 3.63) is 11.3 Å². The lowest BCUT2D eigenvalue weighted by molar-refractivity contribution is -0.191. The summed E-state index contributed by atoms with van der Waals surface area (Å²) in [6, 6.07) is 0. The smallest absolute Gasteiger partial charge is 0.236 e. The molecule has 0 aromatic rings. The third-order valence-electron chi connectivity index (χ3n) is 3.01. The molecule has 0 radical (unpaired) electrons. The molecule has 14 heavy (non-hydrogen) atoms. The average molecular weight is 200 g/mol. The number of fused-ring (bicyclic) bond motifs is 1. The van der Waals surface area contributed by atoms with E-state index in [1.165, 1.54) is 0 Å². The highest BCUT2D eigenvalue weighted by atomic mass is 16.6. The van der Waals surface area contributed by atoms with Crippen LogP contribution in [-0.4, -0.2) is 33.8 Å². The Labute approximate surface area is 82.8 Å². The summed E-state index contributed by atoms with van der Waals surface area (Å²) in [7, 11) is 0. The van der Waals surface area contributed by atoms with Crippen LogP contribution in [0.2, 0.25) is 0 Å². The molecule has 0 spiro atoms. The van der Waals surface area contributed by atoms with Gasteiger partial charge in [0.25, 0.3) is 0 Å². The molecule has 3 atom stereocenters. The Morgan fingerprint density at radius 2 is 2.21 bits per heavy atom. The Balaban J connectivity index is 2.30. The Bertz CT molecular complexity index is 284. The maximum atomic E-state index is 9.89. The van der Waals surface area contributed by atoms with Crippen LogP contribution in [0.5, 0.6) is 0 Å². The first-order valence-corrected chi connectivity index (χ1v) is 4.94. The van der Waals surface area contributed by atoms with E-state index >= 15 is 0 Å². The third-order valence-corrected chi connectivity index (χ3v) is 3.01. The van der Waals surface area contributed by atoms with Crippen LogP contribution >= 0.6 is 0 Å². The fourth-order valence-electron chi connectivity index (χ4n) is 2.26. The molecule has 1 aliphatic carbocycles. The molecule has 0 aromatic heterocycles. The highest BCUT2D eigenvalue weighted by molar-refractivity contribution is 5.36. The quantitative estimate of drug-likeness (QED) is 0.586. The summed E-state index contributed by atoms with van der Waals surface area (Å²) in [5, 5.41) is 28.7. The first-order valence-electron chi connectivity index (χ1n) is 4.94. The highest BCUT2D eigenvalue weighted by Gasteiger charge is 2.58. The van der Waals surface area contributed by atoms with E-state index in [2.05, 4.69) is 0 Å². The average Bonchev–Trinajstić information content (AvgIpc) is 2.25. The van der Waals surface area contributed by atoms with Gasteiger partial charge in [-0.2, -0.15) is 0 Å². The Kier molecular flexibility index (Phi) is 2.10. The molecule has 0 amide bonds. The fourth-order valence-corrected chi connectivity index (χ4v) is 2.26. The number of allylic oxidation sites excluding steroid dienone is 1. The number of aliphatic hydroxyl groups is 3. The van der Waals surface area contributed by atoms with Crippen LogP contribution < -0.4 is 0 Å². The third kappa shape index (κ3) is 1.11. The van der Waals surface area contributed by atoms with Crippen LogP contribution in [-0.2, 0) is 4.74 Å². The van der Waals surface area contributed by atoms with Gasteiger partial charge >= 0.3 is 0 Å². The summed E-state index contributed by atoms with van der Waals surface area (Å²) in [6.07, 6.45) is -0.466. The molecule has 0 bridgehead atoms. The van der Waals surface area contributed by atoms with Gasteiger partial charge in [0, 0.05) is 24.9 Å². The van der Waals surface area contributed by atoms with E-state index in [0.29, 0.717) is 11.3 Å². The Morgan fingerprint density at radius 3 is 2.71 bits per heavy atom. The normalized spacial score (nSPS) is 41.0. The van der Waals surface area contributed by atoms with Crippen molar-refractivity contribution in [3.63, 3.8) is 0 Å². The van der Waals surface area contributed by atoms with Crippen molar-refractivity contribution in [2.24, 2.45) is 11.8 Å². The van der Waals surface area contributed by atoms with Gasteiger partial charge in [-0.25, -0.2) is 0 Å². The van der Waals surface area contributed by atoms with Crippen molar-refractivity contribution in [2.75, 3.05) is 6.61 Å². The Hall–Kier alpha value is -0.580. The van der Waals surface area contributed by atoms with E-state index in [1.54, 1.807) is 0 Å². The molecule has 1 fully saturated rings. The lowest BCUT2D eigenvalue weighted by Crippen LogP contribution is -2.43. The van der Waals surface area contributed by atoms with Crippen LogP contribution in [0.15, 0.2) is 11.3 Å². The molecular weight excluding hydrogens is 184 g/mol. The minimum absolute atomic E-state index is 0.123. The van der Waals surface area contributed by atoms with Crippen molar-refractivity contribution in [1.82, 2.24) is 0 Å². The highest BCUT2D eigenvalue weighted by Crippen LogP contribution is 2.51. The molecular formula is C10H16O4. The first-order chi connectivity index (χ1) is 6.49. The van der Waals surface area contributed by atoms with Crippen molar-refractivity contribution < 1.29 is 20.1 Å². The predicted molar refractivity (Wildman–Crippen MR) is 49.1 cm³/mol. The van der Waals surface area contributed by atoms with E-state index in [4.69, 9.17) is 9.84 Å². The maximum absolute atomic E-state index is 9.89. The van der Waals surface area contributed by atoms with Gasteiger partial charge in [-0.3, -0.25) is 0 Å². The molecule has 3 N–H and O–H groups in total. The lowest BCUT2D eigenvalue weighted by Gasteiger charge is -2.40. The van der Waals surface area contributed by atoms with Gasteiger partial charge in [0.05, 0.1) is 11.7 Å². The van der Waals surface area contributed by atoms with E-state index in [9.17, 15) is 10.2 Å². The molecule has 2 aliphatic rings. The summed E-state index contributed by atoms with van der Waals surface area (Å²) < 4.78 is 5.28. The number of rotatable bonds is 2. The molecule has 80 valence electrons. The van der Waals surface area contributed by atoms with Gasteiger partial charge < -0.3 is 20.1 Å². The second kappa shape index (κ2) is 2.95. The molecule has 2 unspecified atom stereocenters. The topological polar surface area (TPSA) is 69.9 Å². The minimum atomic E-state index is -1.30. The van der Waals surface area contributed by atoms with Crippen molar-refractivity contribution in [1.29, 1.82) is 0 Å². The molecule has 4 nitrogen and oxygen atoms in total. The molecule has 2 rings (SSSR count). The van der Waals surface area contributed by atoms with Gasteiger partial charge in [-0.1, -0.05) is 13.8 Å². The number of hydrogen-bond donors (Lipinski definition) is 3. The van der Waals surface area contributed by atoms with E-state index in [0.717, 1.165) is 0 Å². The molecule has 1 saturated carbocycles. The first kappa shape index (κ1) is 9.96. The molecule has 0 aromatic carbocycles.